The minimum atomic E-state index is -0.0272. The molecule has 0 aliphatic carbocycles. The smallest absolute Gasteiger partial charge is 0.246 e. The Bertz CT molecular complexity index is 211. The molecule has 1 saturated heterocycles. The zero-order valence-electron chi connectivity index (χ0n) is 10.7. The summed E-state index contributed by atoms with van der Waals surface area (Å²) in [4.78, 5) is 13.6. The molecule has 0 aromatic heterocycles. The Hall–Kier alpha value is -0.610. The summed E-state index contributed by atoms with van der Waals surface area (Å²) in [6, 6.07) is 0. The number of nitrogens with one attached hydrogen (secondary N) is 1. The number of ether oxygens (including phenoxy) is 1. The summed E-state index contributed by atoms with van der Waals surface area (Å²) in [5.74, 6) is 1.53. The van der Waals surface area contributed by atoms with E-state index in [1.54, 1.807) is 0 Å². The van der Waals surface area contributed by atoms with E-state index in [1.165, 1.54) is 13.5 Å². The maximum atomic E-state index is 11.2. The topological polar surface area (TPSA) is 41.6 Å². The number of carbonyl (C=O) groups excluding carboxylic acids is 1. The molecule has 0 spiro atoms. The number of likely N-dealkylation sites (tertiary alicyclic amines) is 1. The van der Waals surface area contributed by atoms with E-state index >= 15 is 0 Å². The highest BCUT2D eigenvalue weighted by Gasteiger charge is 2.21. The monoisotopic (exact) mass is 228 g/mol. The molecule has 0 aromatic rings. The van der Waals surface area contributed by atoms with Gasteiger partial charge in [0.1, 0.15) is 6.61 Å². The second-order valence-electron chi connectivity index (χ2n) is 4.99. The van der Waals surface area contributed by atoms with Crippen LogP contribution in [0.4, 0.5) is 0 Å². The van der Waals surface area contributed by atoms with Gasteiger partial charge in [0.15, 0.2) is 0 Å². The van der Waals surface area contributed by atoms with Crippen molar-refractivity contribution in [3.05, 3.63) is 0 Å². The molecule has 4 nitrogen and oxygen atoms in total. The highest BCUT2D eigenvalue weighted by molar-refractivity contribution is 5.77. The van der Waals surface area contributed by atoms with Crippen LogP contribution in [0.1, 0.15) is 20.3 Å². The molecule has 1 amide bonds. The Morgan fingerprint density at radius 3 is 2.56 bits per heavy atom. The molecule has 1 heterocycles. The number of hydrogen-bond acceptors (Lipinski definition) is 3. The number of methoxy groups -OCH3 is 1. The van der Waals surface area contributed by atoms with E-state index in [1.807, 2.05) is 0 Å². The average Bonchev–Trinajstić information content (AvgIpc) is 2.16. The Balaban J connectivity index is 2.14. The standard InChI is InChI=1S/C12H24N2O2/c1-10-6-11(2)8-14(7-10)5-4-13-12(15)9-16-3/h10-11H,4-9H2,1-3H3,(H,13,15). The maximum Gasteiger partial charge on any atom is 0.246 e. The lowest BCUT2D eigenvalue weighted by atomic mass is 9.92. The van der Waals surface area contributed by atoms with Gasteiger partial charge >= 0.3 is 0 Å². The zero-order chi connectivity index (χ0) is 12.0. The fraction of sp³-hybridized carbons (Fsp3) is 0.917. The molecule has 4 heteroatoms. The van der Waals surface area contributed by atoms with E-state index in [0.29, 0.717) is 0 Å². The van der Waals surface area contributed by atoms with Crippen LogP contribution in [0.25, 0.3) is 0 Å². The number of hydrogen-bond donors (Lipinski definition) is 1. The van der Waals surface area contributed by atoms with Gasteiger partial charge in [-0.1, -0.05) is 13.8 Å². The third-order valence-electron chi connectivity index (χ3n) is 2.97. The van der Waals surface area contributed by atoms with Crippen LogP contribution in [-0.4, -0.2) is 50.7 Å². The third kappa shape index (κ3) is 4.94. The highest BCUT2D eigenvalue weighted by Crippen LogP contribution is 2.20. The van der Waals surface area contributed by atoms with Gasteiger partial charge in [-0.05, 0) is 18.3 Å². The van der Waals surface area contributed by atoms with Crippen molar-refractivity contribution in [1.82, 2.24) is 10.2 Å². The van der Waals surface area contributed by atoms with Gasteiger partial charge in [0.2, 0.25) is 5.91 Å². The fourth-order valence-corrected chi connectivity index (χ4v) is 2.51. The molecule has 0 radical (unpaired) electrons. The van der Waals surface area contributed by atoms with Gasteiger partial charge in [0, 0.05) is 33.3 Å². The van der Waals surface area contributed by atoms with Crippen LogP contribution in [0.15, 0.2) is 0 Å². The molecule has 0 saturated carbocycles. The number of amides is 1. The lowest BCUT2D eigenvalue weighted by molar-refractivity contribution is -0.124. The van der Waals surface area contributed by atoms with Crippen molar-refractivity contribution in [1.29, 1.82) is 0 Å². The molecule has 0 aromatic carbocycles. The van der Waals surface area contributed by atoms with Crippen molar-refractivity contribution >= 4 is 5.91 Å². The molecule has 2 unspecified atom stereocenters. The first-order valence-corrected chi connectivity index (χ1v) is 6.09. The van der Waals surface area contributed by atoms with Crippen LogP contribution >= 0.6 is 0 Å². The van der Waals surface area contributed by atoms with Crippen LogP contribution < -0.4 is 5.32 Å². The minimum Gasteiger partial charge on any atom is -0.375 e. The van der Waals surface area contributed by atoms with Crippen LogP contribution in [-0.2, 0) is 9.53 Å². The van der Waals surface area contributed by atoms with Crippen LogP contribution in [0.5, 0.6) is 0 Å². The van der Waals surface area contributed by atoms with E-state index in [2.05, 4.69) is 24.1 Å². The number of piperidine rings is 1. The summed E-state index contributed by atoms with van der Waals surface area (Å²) in [6.45, 7) is 8.74. The molecule has 1 aliphatic heterocycles. The van der Waals surface area contributed by atoms with Gasteiger partial charge in [-0.25, -0.2) is 0 Å². The van der Waals surface area contributed by atoms with Crippen LogP contribution in [0, 0.1) is 11.8 Å². The van der Waals surface area contributed by atoms with Gasteiger partial charge in [0.25, 0.3) is 0 Å². The van der Waals surface area contributed by atoms with E-state index in [9.17, 15) is 4.79 Å². The second kappa shape index (κ2) is 6.86. The summed E-state index contributed by atoms with van der Waals surface area (Å²) in [5, 5.41) is 2.85. The third-order valence-corrected chi connectivity index (χ3v) is 2.97. The lowest BCUT2D eigenvalue weighted by Gasteiger charge is -2.34. The van der Waals surface area contributed by atoms with Crippen molar-refractivity contribution in [3.63, 3.8) is 0 Å². The van der Waals surface area contributed by atoms with Crippen molar-refractivity contribution < 1.29 is 9.53 Å². The molecule has 0 bridgehead atoms. The summed E-state index contributed by atoms with van der Waals surface area (Å²) < 4.78 is 4.75. The van der Waals surface area contributed by atoms with Crippen molar-refractivity contribution in [2.75, 3.05) is 39.9 Å². The molecule has 2 atom stereocenters. The average molecular weight is 228 g/mol. The summed E-state index contributed by atoms with van der Waals surface area (Å²) in [5.41, 5.74) is 0. The Morgan fingerprint density at radius 2 is 2.00 bits per heavy atom. The second-order valence-corrected chi connectivity index (χ2v) is 4.99. The highest BCUT2D eigenvalue weighted by atomic mass is 16.5. The maximum absolute atomic E-state index is 11.2. The fourth-order valence-electron chi connectivity index (χ4n) is 2.51. The first kappa shape index (κ1) is 13.5. The van der Waals surface area contributed by atoms with Gasteiger partial charge in [-0.15, -0.1) is 0 Å². The van der Waals surface area contributed by atoms with Crippen molar-refractivity contribution in [2.24, 2.45) is 11.8 Å². The van der Waals surface area contributed by atoms with E-state index in [4.69, 9.17) is 4.74 Å². The summed E-state index contributed by atoms with van der Waals surface area (Å²) >= 11 is 0. The van der Waals surface area contributed by atoms with E-state index in [-0.39, 0.29) is 12.5 Å². The Kier molecular flexibility index (Phi) is 5.77. The molecule has 94 valence electrons. The SMILES string of the molecule is COCC(=O)NCCN1CC(C)CC(C)C1. The normalized spacial score (nSPS) is 26.7. The molecule has 1 rings (SSSR count). The molecule has 1 fully saturated rings. The Labute approximate surface area is 98.3 Å². The largest absolute Gasteiger partial charge is 0.375 e. The van der Waals surface area contributed by atoms with Gasteiger partial charge in [-0.2, -0.15) is 0 Å². The molecule has 16 heavy (non-hydrogen) atoms. The quantitative estimate of drug-likeness (QED) is 0.754. The van der Waals surface area contributed by atoms with Gasteiger partial charge in [0.05, 0.1) is 0 Å². The molecular formula is C12H24N2O2. The molecular weight excluding hydrogens is 204 g/mol. The number of nitrogens with zero attached hydrogens (tertiary/aromatic N) is 1. The Morgan fingerprint density at radius 1 is 1.38 bits per heavy atom. The summed E-state index contributed by atoms with van der Waals surface area (Å²) in [6.07, 6.45) is 1.33. The molecule has 1 aliphatic rings. The van der Waals surface area contributed by atoms with Gasteiger partial charge in [-0.3, -0.25) is 4.79 Å². The van der Waals surface area contributed by atoms with Crippen LogP contribution in [0.2, 0.25) is 0 Å². The number of rotatable bonds is 5. The molecule has 1 N–H and O–H groups in total. The zero-order valence-corrected chi connectivity index (χ0v) is 10.7. The van der Waals surface area contributed by atoms with Crippen molar-refractivity contribution in [2.45, 2.75) is 20.3 Å². The first-order chi connectivity index (χ1) is 7.61. The lowest BCUT2D eigenvalue weighted by Crippen LogP contribution is -2.43. The van der Waals surface area contributed by atoms with E-state index in [0.717, 1.165) is 38.0 Å². The van der Waals surface area contributed by atoms with Crippen molar-refractivity contribution in [3.8, 4) is 0 Å². The predicted molar refractivity (Wildman–Crippen MR) is 64.3 cm³/mol. The minimum absolute atomic E-state index is 0.0272. The number of carbonyl (C=O) groups is 1. The predicted octanol–water partition coefficient (Wildman–Crippen LogP) is 0.727. The first-order valence-electron chi connectivity index (χ1n) is 6.09. The van der Waals surface area contributed by atoms with Gasteiger partial charge < -0.3 is 15.0 Å². The van der Waals surface area contributed by atoms with Crippen LogP contribution in [0.3, 0.4) is 0 Å². The van der Waals surface area contributed by atoms with E-state index < -0.39 is 0 Å². The summed E-state index contributed by atoms with van der Waals surface area (Å²) in [7, 11) is 1.54.